The van der Waals surface area contributed by atoms with E-state index >= 15 is 0 Å². The summed E-state index contributed by atoms with van der Waals surface area (Å²) in [6, 6.07) is 7.38. The van der Waals surface area contributed by atoms with Crippen molar-refractivity contribution < 1.29 is 4.52 Å². The molecule has 0 aliphatic carbocycles. The van der Waals surface area contributed by atoms with Crippen LogP contribution in [0.2, 0.25) is 5.02 Å². The molecule has 1 saturated heterocycles. The standard InChI is InChI=1S/C19H23ClN8OS.HI/c1-3-15-23-19(30-26-15)28-9-7-27(8-10-28)18(21-2)22-12-16-24-17(25-29-16)13-5-4-6-14(20)11-13;/h4-6,11H,3,7-10,12H2,1-2H3,(H,21,22);1H. The number of hydrogen-bond donors (Lipinski definition) is 1. The summed E-state index contributed by atoms with van der Waals surface area (Å²) in [6.45, 7) is 5.91. The highest BCUT2D eigenvalue weighted by atomic mass is 127. The van der Waals surface area contributed by atoms with E-state index in [1.54, 1.807) is 7.05 Å². The van der Waals surface area contributed by atoms with Gasteiger partial charge in [0.2, 0.25) is 16.8 Å². The van der Waals surface area contributed by atoms with Gasteiger partial charge in [-0.3, -0.25) is 4.99 Å². The van der Waals surface area contributed by atoms with Gasteiger partial charge < -0.3 is 19.6 Å². The van der Waals surface area contributed by atoms with E-state index in [9.17, 15) is 0 Å². The molecule has 0 unspecified atom stereocenters. The van der Waals surface area contributed by atoms with Crippen LogP contribution in [0.3, 0.4) is 0 Å². The van der Waals surface area contributed by atoms with Gasteiger partial charge in [0.25, 0.3) is 0 Å². The van der Waals surface area contributed by atoms with Crippen molar-refractivity contribution in [1.29, 1.82) is 0 Å². The molecule has 0 radical (unpaired) electrons. The van der Waals surface area contributed by atoms with Gasteiger partial charge in [0.1, 0.15) is 5.82 Å². The van der Waals surface area contributed by atoms with Crippen molar-refractivity contribution in [1.82, 2.24) is 29.7 Å². The van der Waals surface area contributed by atoms with Crippen LogP contribution in [0.1, 0.15) is 18.6 Å². The Balaban J connectivity index is 0.00000272. The first-order valence-electron chi connectivity index (χ1n) is 9.78. The molecule has 1 aromatic carbocycles. The molecular weight excluding hydrogens is 551 g/mol. The molecule has 0 bridgehead atoms. The highest BCUT2D eigenvalue weighted by molar-refractivity contribution is 14.0. The van der Waals surface area contributed by atoms with E-state index in [0.29, 0.717) is 23.3 Å². The van der Waals surface area contributed by atoms with E-state index < -0.39 is 0 Å². The summed E-state index contributed by atoms with van der Waals surface area (Å²) in [7, 11) is 1.78. The van der Waals surface area contributed by atoms with Crippen LogP contribution in [0, 0.1) is 0 Å². The molecular formula is C19H24ClIN8OS. The van der Waals surface area contributed by atoms with E-state index in [0.717, 1.165) is 55.1 Å². The second-order valence-electron chi connectivity index (χ2n) is 6.74. The second kappa shape index (κ2) is 11.0. The van der Waals surface area contributed by atoms with Crippen molar-refractivity contribution in [2.24, 2.45) is 4.99 Å². The minimum absolute atomic E-state index is 0. The Kier molecular flexibility index (Phi) is 8.43. The fourth-order valence-corrected chi connectivity index (χ4v) is 4.18. The number of benzene rings is 1. The minimum Gasteiger partial charge on any atom is -0.347 e. The van der Waals surface area contributed by atoms with Crippen LogP contribution in [-0.2, 0) is 13.0 Å². The number of piperazine rings is 1. The Labute approximate surface area is 207 Å². The average Bonchev–Trinajstić information content (AvgIpc) is 3.44. The number of aryl methyl sites for hydroxylation is 1. The highest BCUT2D eigenvalue weighted by Gasteiger charge is 2.22. The average molecular weight is 575 g/mol. The summed E-state index contributed by atoms with van der Waals surface area (Å²) in [4.78, 5) is 17.9. The summed E-state index contributed by atoms with van der Waals surface area (Å²) < 4.78 is 9.75. The van der Waals surface area contributed by atoms with Gasteiger partial charge in [0.15, 0.2) is 5.96 Å². The number of nitrogens with zero attached hydrogens (tertiary/aromatic N) is 7. The van der Waals surface area contributed by atoms with Crippen molar-refractivity contribution in [2.75, 3.05) is 38.1 Å². The maximum atomic E-state index is 6.04. The van der Waals surface area contributed by atoms with Crippen LogP contribution in [-0.4, -0.2) is 63.6 Å². The molecule has 0 amide bonds. The Morgan fingerprint density at radius 2 is 2.06 bits per heavy atom. The van der Waals surface area contributed by atoms with Crippen LogP contribution in [0.5, 0.6) is 0 Å². The van der Waals surface area contributed by atoms with E-state index in [4.69, 9.17) is 16.1 Å². The zero-order chi connectivity index (χ0) is 20.9. The molecule has 1 N–H and O–H groups in total. The lowest BCUT2D eigenvalue weighted by Gasteiger charge is -2.36. The zero-order valence-corrected chi connectivity index (χ0v) is 21.2. The fourth-order valence-electron chi connectivity index (χ4n) is 3.18. The molecule has 12 heteroatoms. The van der Waals surface area contributed by atoms with E-state index in [1.165, 1.54) is 11.5 Å². The minimum atomic E-state index is 0. The maximum Gasteiger partial charge on any atom is 0.246 e. The van der Waals surface area contributed by atoms with Crippen molar-refractivity contribution >= 4 is 58.2 Å². The monoisotopic (exact) mass is 574 g/mol. The largest absolute Gasteiger partial charge is 0.347 e. The summed E-state index contributed by atoms with van der Waals surface area (Å²) in [6.07, 6.45) is 0.863. The van der Waals surface area contributed by atoms with Crippen molar-refractivity contribution in [3.05, 3.63) is 41.0 Å². The second-order valence-corrected chi connectivity index (χ2v) is 7.91. The maximum absolute atomic E-state index is 6.04. The number of halogens is 2. The van der Waals surface area contributed by atoms with Gasteiger partial charge >= 0.3 is 0 Å². The third kappa shape index (κ3) is 5.83. The lowest BCUT2D eigenvalue weighted by molar-refractivity contribution is 0.355. The van der Waals surface area contributed by atoms with Crippen LogP contribution >= 0.6 is 47.1 Å². The van der Waals surface area contributed by atoms with Crippen molar-refractivity contribution in [2.45, 2.75) is 19.9 Å². The Bertz CT molecular complexity index is 1020. The van der Waals surface area contributed by atoms with Crippen molar-refractivity contribution in [3.8, 4) is 11.4 Å². The SMILES string of the molecule is CCc1nsc(N2CCN(C(=NC)NCc3nc(-c4cccc(Cl)c4)no3)CC2)n1.I. The molecule has 4 rings (SSSR count). The summed E-state index contributed by atoms with van der Waals surface area (Å²) in [5.41, 5.74) is 0.820. The lowest BCUT2D eigenvalue weighted by atomic mass is 10.2. The first kappa shape index (κ1) is 23.7. The van der Waals surface area contributed by atoms with Crippen molar-refractivity contribution in [3.63, 3.8) is 0 Å². The number of guanidine groups is 1. The molecule has 9 nitrogen and oxygen atoms in total. The van der Waals surface area contributed by atoms with Gasteiger partial charge in [-0.25, -0.2) is 4.98 Å². The number of aliphatic imine (C=N–C) groups is 1. The van der Waals surface area contributed by atoms with Gasteiger partial charge in [0.05, 0.1) is 6.54 Å². The first-order valence-corrected chi connectivity index (χ1v) is 10.9. The predicted molar refractivity (Wildman–Crippen MR) is 133 cm³/mol. The van der Waals surface area contributed by atoms with Gasteiger partial charge in [-0.1, -0.05) is 35.8 Å². The molecule has 0 atom stereocenters. The smallest absolute Gasteiger partial charge is 0.246 e. The molecule has 0 saturated carbocycles. The van der Waals surface area contributed by atoms with Crippen LogP contribution in [0.25, 0.3) is 11.4 Å². The number of hydrogen-bond acceptors (Lipinski definition) is 8. The quantitative estimate of drug-likeness (QED) is 0.282. The van der Waals surface area contributed by atoms with Gasteiger partial charge in [-0.05, 0) is 12.1 Å². The molecule has 31 heavy (non-hydrogen) atoms. The van der Waals surface area contributed by atoms with E-state index in [2.05, 4.69) is 46.5 Å². The molecule has 3 aromatic rings. The third-order valence-corrected chi connectivity index (χ3v) is 5.83. The molecule has 1 fully saturated rings. The fraction of sp³-hybridized carbons (Fsp3) is 0.421. The number of aromatic nitrogens is 4. The van der Waals surface area contributed by atoms with Crippen LogP contribution < -0.4 is 10.2 Å². The molecule has 166 valence electrons. The summed E-state index contributed by atoms with van der Waals surface area (Å²) in [5, 5.41) is 8.98. The number of rotatable bonds is 5. The van der Waals surface area contributed by atoms with Gasteiger partial charge in [-0.15, -0.1) is 24.0 Å². The van der Waals surface area contributed by atoms with Crippen LogP contribution in [0.4, 0.5) is 5.13 Å². The normalized spacial score (nSPS) is 14.5. The first-order chi connectivity index (χ1) is 14.7. The zero-order valence-electron chi connectivity index (χ0n) is 17.3. The van der Waals surface area contributed by atoms with E-state index in [1.807, 2.05) is 24.3 Å². The molecule has 3 heterocycles. The lowest BCUT2D eigenvalue weighted by Crippen LogP contribution is -2.52. The highest BCUT2D eigenvalue weighted by Crippen LogP contribution is 2.21. The third-order valence-electron chi connectivity index (χ3n) is 4.78. The molecule has 0 spiro atoms. The Morgan fingerprint density at radius 3 is 2.74 bits per heavy atom. The number of nitrogens with one attached hydrogen (secondary N) is 1. The van der Waals surface area contributed by atoms with Crippen LogP contribution in [0.15, 0.2) is 33.8 Å². The van der Waals surface area contributed by atoms with Gasteiger partial charge in [-0.2, -0.15) is 9.36 Å². The number of anilines is 1. The molecule has 1 aliphatic heterocycles. The summed E-state index contributed by atoms with van der Waals surface area (Å²) >= 11 is 7.51. The molecule has 1 aliphatic rings. The van der Waals surface area contributed by atoms with Gasteiger partial charge in [0, 0.05) is 61.8 Å². The Morgan fingerprint density at radius 1 is 1.26 bits per heavy atom. The topological polar surface area (TPSA) is 95.6 Å². The summed E-state index contributed by atoms with van der Waals surface area (Å²) in [5.74, 6) is 2.72. The molecule has 2 aromatic heterocycles. The Hall–Kier alpha value is -1.99. The predicted octanol–water partition coefficient (Wildman–Crippen LogP) is 3.32. The van der Waals surface area contributed by atoms with E-state index in [-0.39, 0.29) is 24.0 Å².